The fourth-order valence-corrected chi connectivity index (χ4v) is 3.69. The minimum absolute atomic E-state index is 0.239. The van der Waals surface area contributed by atoms with Gasteiger partial charge in [-0.25, -0.2) is 0 Å². The normalized spacial score (nSPS) is 24.1. The van der Waals surface area contributed by atoms with Gasteiger partial charge < -0.3 is 10.2 Å². The summed E-state index contributed by atoms with van der Waals surface area (Å²) in [7, 11) is 0. The summed E-state index contributed by atoms with van der Waals surface area (Å²) in [6, 6.07) is 1.25. The molecule has 2 rings (SSSR count). The third-order valence-electron chi connectivity index (χ3n) is 5.03. The van der Waals surface area contributed by atoms with Crippen molar-refractivity contribution in [3.63, 3.8) is 0 Å². The van der Waals surface area contributed by atoms with Crippen LogP contribution in [0.15, 0.2) is 0 Å². The van der Waals surface area contributed by atoms with Gasteiger partial charge in [0.25, 0.3) is 0 Å². The zero-order valence-corrected chi connectivity index (χ0v) is 13.7. The summed E-state index contributed by atoms with van der Waals surface area (Å²) in [5.41, 5.74) is -0.239. The van der Waals surface area contributed by atoms with E-state index in [2.05, 4.69) is 17.1 Å². The van der Waals surface area contributed by atoms with Crippen molar-refractivity contribution in [2.24, 2.45) is 11.3 Å². The number of likely N-dealkylation sites (tertiary alicyclic amines) is 1. The molecule has 1 saturated heterocycles. The minimum Gasteiger partial charge on any atom is -0.342 e. The highest BCUT2D eigenvalue weighted by molar-refractivity contribution is 5.81. The molecule has 1 atom stereocenters. The van der Waals surface area contributed by atoms with E-state index in [4.69, 9.17) is 0 Å². The highest BCUT2D eigenvalue weighted by atomic mass is 16.2. The molecule has 1 aliphatic heterocycles. The van der Waals surface area contributed by atoms with Crippen LogP contribution >= 0.6 is 0 Å². The second-order valence-corrected chi connectivity index (χ2v) is 7.82. The Bertz CT molecular complexity index is 320. The predicted octanol–water partition coefficient (Wildman–Crippen LogP) is 3.19. The summed E-state index contributed by atoms with van der Waals surface area (Å²) in [5.74, 6) is 1.18. The van der Waals surface area contributed by atoms with Crippen molar-refractivity contribution in [1.29, 1.82) is 0 Å². The molecule has 0 bridgehead atoms. The van der Waals surface area contributed by atoms with E-state index in [0.717, 1.165) is 31.8 Å². The minimum atomic E-state index is -0.239. The number of hydrogen-bond donors (Lipinski definition) is 1. The van der Waals surface area contributed by atoms with Crippen LogP contribution in [0.2, 0.25) is 0 Å². The highest BCUT2D eigenvalue weighted by Crippen LogP contribution is 2.28. The molecule has 1 saturated carbocycles. The van der Waals surface area contributed by atoms with E-state index in [0.29, 0.717) is 18.0 Å². The third kappa shape index (κ3) is 3.97. The maximum Gasteiger partial charge on any atom is 0.227 e. The van der Waals surface area contributed by atoms with Gasteiger partial charge in [0.15, 0.2) is 0 Å². The molecule has 0 spiro atoms. The molecule has 1 unspecified atom stereocenters. The first-order valence-electron chi connectivity index (χ1n) is 8.43. The van der Waals surface area contributed by atoms with Crippen molar-refractivity contribution in [2.75, 3.05) is 13.1 Å². The zero-order chi connectivity index (χ0) is 14.8. The van der Waals surface area contributed by atoms with E-state index in [-0.39, 0.29) is 5.41 Å². The van der Waals surface area contributed by atoms with Gasteiger partial charge in [0.1, 0.15) is 0 Å². The predicted molar refractivity (Wildman–Crippen MR) is 83.6 cm³/mol. The highest BCUT2D eigenvalue weighted by Gasteiger charge is 2.31. The Morgan fingerprint density at radius 2 is 1.65 bits per heavy atom. The van der Waals surface area contributed by atoms with Gasteiger partial charge in [-0.15, -0.1) is 0 Å². The Morgan fingerprint density at radius 1 is 1.10 bits per heavy atom. The topological polar surface area (TPSA) is 32.3 Å². The zero-order valence-electron chi connectivity index (χ0n) is 13.7. The van der Waals surface area contributed by atoms with Crippen molar-refractivity contribution in [3.05, 3.63) is 0 Å². The van der Waals surface area contributed by atoms with Crippen LogP contribution in [-0.4, -0.2) is 36.0 Å². The largest absolute Gasteiger partial charge is 0.342 e. The first-order chi connectivity index (χ1) is 9.38. The monoisotopic (exact) mass is 280 g/mol. The number of carbonyl (C=O) groups is 1. The molecule has 0 radical (unpaired) electrons. The summed E-state index contributed by atoms with van der Waals surface area (Å²) >= 11 is 0. The van der Waals surface area contributed by atoms with Gasteiger partial charge >= 0.3 is 0 Å². The summed E-state index contributed by atoms with van der Waals surface area (Å²) in [4.78, 5) is 14.3. The van der Waals surface area contributed by atoms with E-state index >= 15 is 0 Å². The van der Waals surface area contributed by atoms with Crippen LogP contribution in [0, 0.1) is 11.3 Å². The lowest BCUT2D eigenvalue weighted by atomic mass is 9.92. The van der Waals surface area contributed by atoms with Gasteiger partial charge in [-0.1, -0.05) is 33.6 Å². The fourth-order valence-electron chi connectivity index (χ4n) is 3.69. The van der Waals surface area contributed by atoms with E-state index < -0.39 is 0 Å². The number of rotatable bonds is 3. The van der Waals surface area contributed by atoms with Crippen molar-refractivity contribution >= 4 is 5.91 Å². The molecule has 0 aromatic carbocycles. The van der Waals surface area contributed by atoms with Crippen molar-refractivity contribution in [2.45, 2.75) is 78.3 Å². The Hall–Kier alpha value is -0.570. The number of piperidine rings is 1. The van der Waals surface area contributed by atoms with Crippen molar-refractivity contribution in [1.82, 2.24) is 10.2 Å². The lowest BCUT2D eigenvalue weighted by Crippen LogP contribution is -2.50. The lowest BCUT2D eigenvalue weighted by Gasteiger charge is -2.37. The van der Waals surface area contributed by atoms with Crippen LogP contribution in [0.4, 0.5) is 0 Å². The van der Waals surface area contributed by atoms with E-state index in [1.807, 2.05) is 20.8 Å². The number of hydrogen-bond acceptors (Lipinski definition) is 2. The van der Waals surface area contributed by atoms with Crippen LogP contribution in [0.1, 0.15) is 66.2 Å². The molecule has 3 nitrogen and oxygen atoms in total. The lowest BCUT2D eigenvalue weighted by molar-refractivity contribution is -0.140. The molecule has 1 N–H and O–H groups in total. The van der Waals surface area contributed by atoms with Gasteiger partial charge in [0, 0.05) is 30.6 Å². The number of nitrogens with one attached hydrogen (secondary N) is 1. The van der Waals surface area contributed by atoms with E-state index in [9.17, 15) is 4.79 Å². The molecule has 2 fully saturated rings. The standard InChI is InChI=1S/C17H32N2O/c1-13(14-7-5-6-8-14)18-15-9-11-19(12-10-15)16(20)17(2,3)4/h13-15,18H,5-12H2,1-4H3. The molecule has 3 heteroatoms. The maximum atomic E-state index is 12.3. The molecule has 0 aromatic heterocycles. The first kappa shape index (κ1) is 15.8. The Morgan fingerprint density at radius 3 is 2.15 bits per heavy atom. The summed E-state index contributed by atoms with van der Waals surface area (Å²) < 4.78 is 0. The Labute approximate surface area is 124 Å². The van der Waals surface area contributed by atoms with E-state index in [1.54, 1.807) is 0 Å². The van der Waals surface area contributed by atoms with Crippen molar-refractivity contribution in [3.8, 4) is 0 Å². The molecule has 2 aliphatic rings. The number of nitrogens with zero attached hydrogens (tertiary/aromatic N) is 1. The smallest absolute Gasteiger partial charge is 0.227 e. The van der Waals surface area contributed by atoms with Gasteiger partial charge in [0.2, 0.25) is 5.91 Å². The first-order valence-corrected chi connectivity index (χ1v) is 8.43. The van der Waals surface area contributed by atoms with Gasteiger partial charge in [-0.05, 0) is 38.5 Å². The molecular weight excluding hydrogens is 248 g/mol. The Kier molecular flexibility index (Phi) is 5.11. The Balaban J connectivity index is 1.75. The molecule has 1 aliphatic carbocycles. The van der Waals surface area contributed by atoms with Gasteiger partial charge in [-0.3, -0.25) is 4.79 Å². The number of carbonyl (C=O) groups excluding carboxylic acids is 1. The average Bonchev–Trinajstić information content (AvgIpc) is 2.91. The summed E-state index contributed by atoms with van der Waals surface area (Å²) in [5, 5.41) is 3.82. The molecule has 116 valence electrons. The van der Waals surface area contributed by atoms with Crippen LogP contribution in [0.5, 0.6) is 0 Å². The van der Waals surface area contributed by atoms with Crippen LogP contribution < -0.4 is 5.32 Å². The second-order valence-electron chi connectivity index (χ2n) is 7.82. The van der Waals surface area contributed by atoms with Crippen LogP contribution in [0.3, 0.4) is 0 Å². The second kappa shape index (κ2) is 6.46. The fraction of sp³-hybridized carbons (Fsp3) is 0.941. The van der Waals surface area contributed by atoms with Gasteiger partial charge in [-0.2, -0.15) is 0 Å². The summed E-state index contributed by atoms with van der Waals surface area (Å²) in [6.07, 6.45) is 7.84. The van der Waals surface area contributed by atoms with Gasteiger partial charge in [0.05, 0.1) is 0 Å². The maximum absolute atomic E-state index is 12.3. The number of amides is 1. The van der Waals surface area contributed by atoms with Crippen LogP contribution in [-0.2, 0) is 4.79 Å². The third-order valence-corrected chi connectivity index (χ3v) is 5.03. The van der Waals surface area contributed by atoms with Crippen molar-refractivity contribution < 1.29 is 4.79 Å². The average molecular weight is 280 g/mol. The van der Waals surface area contributed by atoms with E-state index in [1.165, 1.54) is 25.7 Å². The molecule has 1 amide bonds. The molecule has 1 heterocycles. The SMILES string of the molecule is CC(NC1CCN(C(=O)C(C)(C)C)CC1)C1CCCC1. The summed E-state index contributed by atoms with van der Waals surface area (Å²) in [6.45, 7) is 10.2. The molecular formula is C17H32N2O. The van der Waals surface area contributed by atoms with Crippen LogP contribution in [0.25, 0.3) is 0 Å². The quantitative estimate of drug-likeness (QED) is 0.861. The molecule has 20 heavy (non-hydrogen) atoms. The molecule has 0 aromatic rings.